The molecule has 0 bridgehead atoms. The maximum Gasteiger partial charge on any atom is 0.278 e. The molecule has 25 heavy (non-hydrogen) atoms. The van der Waals surface area contributed by atoms with E-state index < -0.39 is 16.7 Å². The van der Waals surface area contributed by atoms with Crippen LogP contribution in [0, 0.1) is 0 Å². The first-order valence-electron chi connectivity index (χ1n) is 6.72. The van der Waals surface area contributed by atoms with E-state index in [-0.39, 0.29) is 9.90 Å². The van der Waals surface area contributed by atoms with E-state index in [4.69, 9.17) is 34.8 Å². The van der Waals surface area contributed by atoms with Crippen LogP contribution in [0.15, 0.2) is 51.6 Å². The highest BCUT2D eigenvalue weighted by molar-refractivity contribution is 7.87. The van der Waals surface area contributed by atoms with E-state index in [0.717, 1.165) is 11.5 Å². The van der Waals surface area contributed by atoms with Crippen molar-refractivity contribution in [3.05, 3.63) is 63.2 Å². The molecule has 0 aliphatic heterocycles. The number of rotatable bonds is 4. The van der Waals surface area contributed by atoms with Gasteiger partial charge >= 0.3 is 0 Å². The molecule has 0 aliphatic rings. The molecule has 1 heterocycles. The van der Waals surface area contributed by atoms with Crippen LogP contribution >= 0.6 is 46.3 Å². The first kappa shape index (κ1) is 18.3. The zero-order chi connectivity index (χ0) is 18.0. The third kappa shape index (κ3) is 4.19. The molecular formula is C15H8Cl3N3O2S2. The highest BCUT2D eigenvalue weighted by atomic mass is 35.5. The highest BCUT2D eigenvalue weighted by Crippen LogP contribution is 2.27. The molecule has 10 heteroatoms. The molecule has 128 valence electrons. The fraction of sp³-hybridized carbons (Fsp3) is 0. The van der Waals surface area contributed by atoms with E-state index in [0.29, 0.717) is 25.7 Å². The molecule has 0 saturated carbocycles. The summed E-state index contributed by atoms with van der Waals surface area (Å²) in [6.07, 6.45) is 0. The summed E-state index contributed by atoms with van der Waals surface area (Å²) in [4.78, 5) is 12.9. The van der Waals surface area contributed by atoms with E-state index in [1.54, 1.807) is 36.4 Å². The van der Waals surface area contributed by atoms with Crippen molar-refractivity contribution in [3.63, 3.8) is 0 Å². The Hall–Kier alpha value is -1.51. The van der Waals surface area contributed by atoms with Gasteiger partial charge in [-0.1, -0.05) is 39.3 Å². The number of nitrogens with zero attached hydrogens (tertiary/aromatic N) is 2. The number of benzene rings is 2. The van der Waals surface area contributed by atoms with Crippen LogP contribution in [0.5, 0.6) is 0 Å². The van der Waals surface area contributed by atoms with Crippen LogP contribution in [-0.2, 0) is 10.8 Å². The van der Waals surface area contributed by atoms with Crippen molar-refractivity contribution >= 4 is 68.7 Å². The Morgan fingerprint density at radius 3 is 2.44 bits per heavy atom. The van der Waals surface area contributed by atoms with Crippen molar-refractivity contribution in [1.29, 1.82) is 0 Å². The van der Waals surface area contributed by atoms with Crippen molar-refractivity contribution in [1.82, 2.24) is 9.59 Å². The Balaban J connectivity index is 1.85. The zero-order valence-corrected chi connectivity index (χ0v) is 16.1. The van der Waals surface area contributed by atoms with Crippen LogP contribution in [-0.4, -0.2) is 19.7 Å². The van der Waals surface area contributed by atoms with Gasteiger partial charge in [0.25, 0.3) is 5.91 Å². The molecule has 0 aliphatic carbocycles. The molecule has 3 aromatic rings. The molecule has 0 fully saturated rings. The van der Waals surface area contributed by atoms with Crippen LogP contribution in [0.1, 0.15) is 10.5 Å². The lowest BCUT2D eigenvalue weighted by Crippen LogP contribution is -2.14. The second-order valence-electron chi connectivity index (χ2n) is 4.71. The molecule has 0 spiro atoms. The van der Waals surface area contributed by atoms with Gasteiger partial charge in [-0.05, 0) is 54.0 Å². The topological polar surface area (TPSA) is 72.0 Å². The predicted molar refractivity (Wildman–Crippen MR) is 100 cm³/mol. The number of hydrogen-bond donors (Lipinski definition) is 1. The van der Waals surface area contributed by atoms with Crippen LogP contribution in [0.2, 0.25) is 15.1 Å². The standard InChI is InChI=1S/C15H8Cl3N3O2S2/c16-8-1-4-10(5-2-8)25(23)15-13(20-21-24-15)14(22)19-9-3-6-11(17)12(18)7-9/h1-7H,(H,19,22)/t25-/m0/s1. The molecule has 0 radical (unpaired) electrons. The molecular weight excluding hydrogens is 425 g/mol. The fourth-order valence-corrected chi connectivity index (χ4v) is 4.28. The van der Waals surface area contributed by atoms with E-state index >= 15 is 0 Å². The van der Waals surface area contributed by atoms with Gasteiger partial charge in [0.2, 0.25) is 0 Å². The number of carbonyl (C=O) groups excluding carboxylic acids is 1. The zero-order valence-electron chi connectivity index (χ0n) is 12.2. The average molecular weight is 433 g/mol. The summed E-state index contributed by atoms with van der Waals surface area (Å²) in [6.45, 7) is 0. The molecule has 0 saturated heterocycles. The van der Waals surface area contributed by atoms with Gasteiger partial charge in [-0.2, -0.15) is 0 Å². The van der Waals surface area contributed by atoms with Crippen LogP contribution in [0.25, 0.3) is 0 Å². The minimum Gasteiger partial charge on any atom is -0.320 e. The number of carbonyl (C=O) groups is 1. The number of halogens is 3. The lowest BCUT2D eigenvalue weighted by Gasteiger charge is -2.06. The molecule has 2 aromatic carbocycles. The second-order valence-corrected chi connectivity index (χ2v) is 8.40. The summed E-state index contributed by atoms with van der Waals surface area (Å²) in [5, 5.41) is 7.64. The smallest absolute Gasteiger partial charge is 0.278 e. The Kier molecular flexibility index (Phi) is 5.71. The third-order valence-corrected chi connectivity index (χ3v) is 6.47. The molecule has 5 nitrogen and oxygen atoms in total. The monoisotopic (exact) mass is 431 g/mol. The Morgan fingerprint density at radius 1 is 1.04 bits per heavy atom. The minimum atomic E-state index is -1.60. The van der Waals surface area contributed by atoms with Crippen LogP contribution in [0.3, 0.4) is 0 Å². The van der Waals surface area contributed by atoms with Gasteiger partial charge < -0.3 is 5.32 Å². The largest absolute Gasteiger partial charge is 0.320 e. The van der Waals surface area contributed by atoms with Crippen molar-refractivity contribution in [2.75, 3.05) is 5.32 Å². The number of hydrogen-bond acceptors (Lipinski definition) is 5. The van der Waals surface area contributed by atoms with Gasteiger partial charge in [0.15, 0.2) is 9.90 Å². The first-order chi connectivity index (χ1) is 12.0. The van der Waals surface area contributed by atoms with Gasteiger partial charge in [-0.15, -0.1) is 5.10 Å². The van der Waals surface area contributed by atoms with Crippen molar-refractivity contribution in [3.8, 4) is 0 Å². The van der Waals surface area contributed by atoms with Crippen molar-refractivity contribution < 1.29 is 9.00 Å². The van der Waals surface area contributed by atoms with Crippen molar-refractivity contribution in [2.24, 2.45) is 0 Å². The third-order valence-electron chi connectivity index (χ3n) is 3.05. The Morgan fingerprint density at radius 2 is 1.76 bits per heavy atom. The molecule has 3 rings (SSSR count). The minimum absolute atomic E-state index is 0.00986. The summed E-state index contributed by atoms with van der Waals surface area (Å²) in [7, 11) is -1.60. The molecule has 1 aromatic heterocycles. The van der Waals surface area contributed by atoms with Gasteiger partial charge in [-0.25, -0.2) is 4.21 Å². The van der Waals surface area contributed by atoms with Crippen LogP contribution < -0.4 is 5.32 Å². The Labute approximate surface area is 164 Å². The number of nitrogens with one attached hydrogen (secondary N) is 1. The summed E-state index contributed by atoms with van der Waals surface area (Å²) >= 11 is 18.5. The number of aromatic nitrogens is 2. The summed E-state index contributed by atoms with van der Waals surface area (Å²) in [6, 6.07) is 11.2. The SMILES string of the molecule is O=C(Nc1ccc(Cl)c(Cl)c1)c1nnsc1[S@@](=O)c1ccc(Cl)cc1. The summed E-state index contributed by atoms with van der Waals surface area (Å²) < 4.78 is 16.7. The van der Waals surface area contributed by atoms with Gasteiger partial charge in [0, 0.05) is 15.6 Å². The lowest BCUT2D eigenvalue weighted by molar-refractivity contribution is 0.101. The van der Waals surface area contributed by atoms with E-state index in [1.165, 1.54) is 6.07 Å². The number of amides is 1. The maximum atomic E-state index is 12.7. The fourth-order valence-electron chi connectivity index (χ4n) is 1.87. The average Bonchev–Trinajstić information content (AvgIpc) is 3.08. The van der Waals surface area contributed by atoms with Gasteiger partial charge in [0.1, 0.15) is 0 Å². The second kappa shape index (κ2) is 7.80. The maximum absolute atomic E-state index is 12.7. The van der Waals surface area contributed by atoms with Crippen molar-refractivity contribution in [2.45, 2.75) is 9.10 Å². The molecule has 1 amide bonds. The van der Waals surface area contributed by atoms with E-state index in [1.807, 2.05) is 0 Å². The highest BCUT2D eigenvalue weighted by Gasteiger charge is 2.22. The Bertz CT molecular complexity index is 961. The lowest BCUT2D eigenvalue weighted by atomic mass is 10.3. The first-order valence-corrected chi connectivity index (χ1v) is 9.77. The number of anilines is 1. The predicted octanol–water partition coefficient (Wildman–Crippen LogP) is 4.92. The molecule has 0 unspecified atom stereocenters. The summed E-state index contributed by atoms with van der Waals surface area (Å²) in [5.74, 6) is -0.538. The van der Waals surface area contributed by atoms with Gasteiger partial charge in [0.05, 0.1) is 20.8 Å². The van der Waals surface area contributed by atoms with E-state index in [9.17, 15) is 9.00 Å². The molecule has 1 N–H and O–H groups in total. The normalized spacial score (nSPS) is 12.0. The van der Waals surface area contributed by atoms with Crippen LogP contribution in [0.4, 0.5) is 5.69 Å². The summed E-state index contributed by atoms with van der Waals surface area (Å²) in [5.41, 5.74) is 0.431. The quantitative estimate of drug-likeness (QED) is 0.635. The van der Waals surface area contributed by atoms with E-state index in [2.05, 4.69) is 14.9 Å². The molecule has 1 atom stereocenters. The van der Waals surface area contributed by atoms with Gasteiger partial charge in [-0.3, -0.25) is 4.79 Å².